The number of carbonyl (C=O) groups is 1. The normalized spacial score (nSPS) is 20.5. The highest BCUT2D eigenvalue weighted by molar-refractivity contribution is 5.68. The van der Waals surface area contributed by atoms with Crippen molar-refractivity contribution in [3.05, 3.63) is 35.9 Å². The van der Waals surface area contributed by atoms with Crippen LogP contribution in [0.5, 0.6) is 0 Å². The van der Waals surface area contributed by atoms with Gasteiger partial charge in [0, 0.05) is 25.7 Å². The number of hydrogen-bond donors (Lipinski definition) is 2. The van der Waals surface area contributed by atoms with E-state index in [-0.39, 0.29) is 12.1 Å². The first-order valence-electron chi connectivity index (χ1n) is 7.79. The predicted molar refractivity (Wildman–Crippen MR) is 85.6 cm³/mol. The van der Waals surface area contributed by atoms with E-state index in [2.05, 4.69) is 5.32 Å². The van der Waals surface area contributed by atoms with Gasteiger partial charge in [-0.05, 0) is 32.8 Å². The lowest BCUT2D eigenvalue weighted by atomic mass is 10.0. The summed E-state index contributed by atoms with van der Waals surface area (Å²) in [7, 11) is 0. The molecule has 1 saturated heterocycles. The Hall–Kier alpha value is -1.59. The van der Waals surface area contributed by atoms with E-state index < -0.39 is 11.7 Å². The van der Waals surface area contributed by atoms with Crippen molar-refractivity contribution < 1.29 is 14.6 Å². The zero-order chi connectivity index (χ0) is 16.2. The molecule has 1 aromatic carbocycles. The number of carbonyl (C=O) groups excluding carboxylic acids is 1. The molecule has 5 nitrogen and oxygen atoms in total. The Kier molecular flexibility index (Phi) is 5.42. The molecule has 1 aliphatic rings. The Balaban J connectivity index is 1.89. The average molecular weight is 306 g/mol. The second-order valence-electron chi connectivity index (χ2n) is 6.74. The number of aliphatic hydroxyl groups is 1. The molecule has 2 unspecified atom stereocenters. The van der Waals surface area contributed by atoms with Crippen LogP contribution in [0.15, 0.2) is 30.3 Å². The molecule has 0 aromatic heterocycles. The van der Waals surface area contributed by atoms with Crippen molar-refractivity contribution in [3.8, 4) is 0 Å². The Bertz CT molecular complexity index is 484. The van der Waals surface area contributed by atoms with E-state index in [0.29, 0.717) is 26.1 Å². The van der Waals surface area contributed by atoms with Gasteiger partial charge in [-0.15, -0.1) is 0 Å². The number of hydrogen-bond acceptors (Lipinski definition) is 4. The van der Waals surface area contributed by atoms with Crippen molar-refractivity contribution in [2.75, 3.05) is 19.6 Å². The highest BCUT2D eigenvalue weighted by Crippen LogP contribution is 2.20. The fourth-order valence-electron chi connectivity index (χ4n) is 2.56. The smallest absolute Gasteiger partial charge is 0.410 e. The number of piperazine rings is 1. The van der Waals surface area contributed by atoms with Gasteiger partial charge in [0.1, 0.15) is 5.60 Å². The third-order valence-corrected chi connectivity index (χ3v) is 3.60. The van der Waals surface area contributed by atoms with Crippen LogP contribution in [0.3, 0.4) is 0 Å². The first-order chi connectivity index (χ1) is 10.3. The summed E-state index contributed by atoms with van der Waals surface area (Å²) in [6, 6.07) is 9.66. The summed E-state index contributed by atoms with van der Waals surface area (Å²) < 4.78 is 5.41. The molecule has 1 fully saturated rings. The van der Waals surface area contributed by atoms with Gasteiger partial charge in [-0.3, -0.25) is 0 Å². The van der Waals surface area contributed by atoms with Crippen molar-refractivity contribution in [3.63, 3.8) is 0 Å². The molecule has 2 atom stereocenters. The minimum Gasteiger partial charge on any atom is -0.444 e. The lowest BCUT2D eigenvalue weighted by Gasteiger charge is -2.35. The summed E-state index contributed by atoms with van der Waals surface area (Å²) in [6.45, 7) is 7.49. The van der Waals surface area contributed by atoms with Crippen LogP contribution < -0.4 is 5.32 Å². The predicted octanol–water partition coefficient (Wildman–Crippen LogP) is 2.32. The summed E-state index contributed by atoms with van der Waals surface area (Å²) in [5.74, 6) is 0. The van der Waals surface area contributed by atoms with Crippen molar-refractivity contribution in [1.29, 1.82) is 0 Å². The molecule has 1 heterocycles. The Morgan fingerprint density at radius 2 is 2.09 bits per heavy atom. The quantitative estimate of drug-likeness (QED) is 0.899. The van der Waals surface area contributed by atoms with Crippen LogP contribution in [0.2, 0.25) is 0 Å². The number of amides is 1. The topological polar surface area (TPSA) is 61.8 Å². The second-order valence-corrected chi connectivity index (χ2v) is 6.74. The average Bonchev–Trinajstić information content (AvgIpc) is 2.46. The maximum absolute atomic E-state index is 12.1. The highest BCUT2D eigenvalue weighted by atomic mass is 16.6. The number of rotatable bonds is 3. The van der Waals surface area contributed by atoms with E-state index in [1.165, 1.54) is 0 Å². The lowest BCUT2D eigenvalue weighted by Crippen LogP contribution is -2.53. The molecule has 1 aliphatic heterocycles. The molecular formula is C17H26N2O3. The van der Waals surface area contributed by atoms with Crippen LogP contribution in [-0.2, 0) is 4.74 Å². The van der Waals surface area contributed by atoms with Gasteiger partial charge in [0.2, 0.25) is 0 Å². The Morgan fingerprint density at radius 1 is 1.41 bits per heavy atom. The van der Waals surface area contributed by atoms with Crippen molar-refractivity contribution in [2.24, 2.45) is 0 Å². The fraction of sp³-hybridized carbons (Fsp3) is 0.588. The lowest BCUT2D eigenvalue weighted by molar-refractivity contribution is 0.0170. The van der Waals surface area contributed by atoms with Crippen molar-refractivity contribution in [2.45, 2.75) is 44.9 Å². The zero-order valence-electron chi connectivity index (χ0n) is 13.6. The molecule has 22 heavy (non-hydrogen) atoms. The highest BCUT2D eigenvalue weighted by Gasteiger charge is 2.28. The van der Waals surface area contributed by atoms with E-state index in [9.17, 15) is 9.90 Å². The SMILES string of the molecule is CC(C)(C)OC(=O)N1CCNC(CC(O)c2ccccc2)C1. The maximum atomic E-state index is 12.1. The number of aliphatic hydroxyl groups excluding tert-OH is 1. The molecule has 122 valence electrons. The van der Waals surface area contributed by atoms with Gasteiger partial charge in [0.25, 0.3) is 0 Å². The van der Waals surface area contributed by atoms with Crippen molar-refractivity contribution in [1.82, 2.24) is 10.2 Å². The van der Waals surface area contributed by atoms with Crippen LogP contribution in [0.4, 0.5) is 4.79 Å². The molecule has 0 spiro atoms. The Labute approximate surface area is 132 Å². The van der Waals surface area contributed by atoms with E-state index >= 15 is 0 Å². The van der Waals surface area contributed by atoms with Gasteiger partial charge < -0.3 is 20.1 Å². The molecule has 0 aliphatic carbocycles. The van der Waals surface area contributed by atoms with E-state index in [1.807, 2.05) is 51.1 Å². The van der Waals surface area contributed by atoms with E-state index in [0.717, 1.165) is 5.56 Å². The monoisotopic (exact) mass is 306 g/mol. The minimum atomic E-state index is -0.530. The van der Waals surface area contributed by atoms with Gasteiger partial charge in [-0.1, -0.05) is 30.3 Å². The number of ether oxygens (including phenoxy) is 1. The molecule has 0 saturated carbocycles. The Morgan fingerprint density at radius 3 is 2.73 bits per heavy atom. The number of nitrogens with one attached hydrogen (secondary N) is 1. The maximum Gasteiger partial charge on any atom is 0.410 e. The largest absolute Gasteiger partial charge is 0.444 e. The first kappa shape index (κ1) is 16.8. The van der Waals surface area contributed by atoms with Crippen LogP contribution in [0, 0.1) is 0 Å². The molecule has 2 N–H and O–H groups in total. The minimum absolute atomic E-state index is 0.0662. The molecular weight excluding hydrogens is 280 g/mol. The summed E-state index contributed by atoms with van der Waals surface area (Å²) in [5.41, 5.74) is 0.416. The number of benzene rings is 1. The van der Waals surface area contributed by atoms with Gasteiger partial charge in [0.05, 0.1) is 6.10 Å². The number of nitrogens with zero attached hydrogens (tertiary/aromatic N) is 1. The fourth-order valence-corrected chi connectivity index (χ4v) is 2.56. The molecule has 0 bridgehead atoms. The zero-order valence-corrected chi connectivity index (χ0v) is 13.6. The third kappa shape index (κ3) is 5.00. The van der Waals surface area contributed by atoms with Gasteiger partial charge in [-0.2, -0.15) is 0 Å². The van der Waals surface area contributed by atoms with Crippen LogP contribution in [0.25, 0.3) is 0 Å². The molecule has 1 amide bonds. The molecule has 5 heteroatoms. The summed E-state index contributed by atoms with van der Waals surface area (Å²) >= 11 is 0. The van der Waals surface area contributed by atoms with Crippen molar-refractivity contribution >= 4 is 6.09 Å². The summed E-state index contributed by atoms with van der Waals surface area (Å²) in [4.78, 5) is 13.8. The summed E-state index contributed by atoms with van der Waals surface area (Å²) in [5, 5.41) is 13.7. The molecule has 1 aromatic rings. The molecule has 0 radical (unpaired) electrons. The first-order valence-corrected chi connectivity index (χ1v) is 7.79. The third-order valence-electron chi connectivity index (χ3n) is 3.60. The standard InChI is InChI=1S/C17H26N2O3/c1-17(2,3)22-16(21)19-10-9-18-14(12-19)11-15(20)13-7-5-4-6-8-13/h4-8,14-15,18,20H,9-12H2,1-3H3. The summed E-state index contributed by atoms with van der Waals surface area (Å²) in [6.07, 6.45) is -0.242. The van der Waals surface area contributed by atoms with Gasteiger partial charge in [-0.25, -0.2) is 4.79 Å². The van der Waals surface area contributed by atoms with Crippen LogP contribution in [-0.4, -0.2) is 47.4 Å². The van der Waals surface area contributed by atoms with E-state index in [4.69, 9.17) is 4.74 Å². The second kappa shape index (κ2) is 7.11. The van der Waals surface area contributed by atoms with Crippen LogP contribution >= 0.6 is 0 Å². The van der Waals surface area contributed by atoms with E-state index in [1.54, 1.807) is 4.90 Å². The van der Waals surface area contributed by atoms with Crippen LogP contribution in [0.1, 0.15) is 38.9 Å². The molecule has 2 rings (SSSR count). The van der Waals surface area contributed by atoms with Gasteiger partial charge in [0.15, 0.2) is 0 Å². The van der Waals surface area contributed by atoms with Gasteiger partial charge >= 0.3 is 6.09 Å².